The number of ketones is 4. The molecule has 1 aliphatic heterocycles. The number of carbonyl (C=O) groups is 4. The summed E-state index contributed by atoms with van der Waals surface area (Å²) in [6, 6.07) is 2.09. The quantitative estimate of drug-likeness (QED) is 0.482. The lowest BCUT2D eigenvalue weighted by atomic mass is 9.82. The molecule has 135 valence electrons. The zero-order valence-corrected chi connectivity index (χ0v) is 14.2. The molecule has 0 amide bonds. The van der Waals surface area contributed by atoms with Crippen LogP contribution >= 0.6 is 0 Å². The van der Waals surface area contributed by atoms with Gasteiger partial charge in [-0.2, -0.15) is 0 Å². The van der Waals surface area contributed by atoms with Gasteiger partial charge in [0.2, 0.25) is 0 Å². The summed E-state index contributed by atoms with van der Waals surface area (Å²) in [6.45, 7) is 1.90. The number of hydrogen-bond acceptors (Lipinski definition) is 7. The van der Waals surface area contributed by atoms with Crippen molar-refractivity contribution in [1.29, 1.82) is 0 Å². The minimum Gasteiger partial charge on any atom is -0.307 e. The second kappa shape index (κ2) is 6.87. The maximum absolute atomic E-state index is 13.0. The van der Waals surface area contributed by atoms with Crippen molar-refractivity contribution in [3.8, 4) is 0 Å². The number of hydrogen-bond donors (Lipinski definition) is 1. The lowest BCUT2D eigenvalue weighted by Crippen LogP contribution is -2.33. The molecule has 8 nitrogen and oxygen atoms in total. The van der Waals surface area contributed by atoms with Gasteiger partial charge in [-0.3, -0.25) is 29.3 Å². The van der Waals surface area contributed by atoms with Crippen LogP contribution in [0.1, 0.15) is 69.2 Å². The second-order valence-electron chi connectivity index (χ2n) is 6.57. The predicted molar refractivity (Wildman–Crippen MR) is 89.6 cm³/mol. The highest BCUT2D eigenvalue weighted by Crippen LogP contribution is 2.36. The van der Waals surface area contributed by atoms with Crippen LogP contribution in [0.4, 0.5) is 5.69 Å². The third kappa shape index (κ3) is 3.08. The number of nitro groups is 1. The third-order valence-corrected chi connectivity index (χ3v) is 4.67. The predicted octanol–water partition coefficient (Wildman–Crippen LogP) is 1.62. The zero-order chi connectivity index (χ0) is 19.0. The Kier molecular flexibility index (Phi) is 4.78. The number of rotatable bonds is 5. The minimum absolute atomic E-state index is 0.0182. The topological polar surface area (TPSA) is 123 Å². The summed E-state index contributed by atoms with van der Waals surface area (Å²) >= 11 is 0. The van der Waals surface area contributed by atoms with E-state index in [1.54, 1.807) is 0 Å². The van der Waals surface area contributed by atoms with Crippen LogP contribution in [-0.2, 0) is 11.2 Å². The Morgan fingerprint density at radius 2 is 1.96 bits per heavy atom. The maximum atomic E-state index is 13.0. The van der Waals surface area contributed by atoms with E-state index in [9.17, 15) is 29.3 Å². The number of nitrogens with one attached hydrogen (secondary N) is 1. The third-order valence-electron chi connectivity index (χ3n) is 4.67. The number of Topliss-reactive ketones (excluding diaryl/α,β-unsaturated/α-hetero) is 4. The molecule has 1 fully saturated rings. The second-order valence-corrected chi connectivity index (χ2v) is 6.57. The van der Waals surface area contributed by atoms with Gasteiger partial charge in [0.25, 0.3) is 5.69 Å². The van der Waals surface area contributed by atoms with E-state index in [-0.39, 0.29) is 47.3 Å². The lowest BCUT2D eigenvalue weighted by Gasteiger charge is -2.19. The van der Waals surface area contributed by atoms with Crippen molar-refractivity contribution >= 4 is 28.8 Å². The van der Waals surface area contributed by atoms with E-state index in [0.29, 0.717) is 13.0 Å². The average Bonchev–Trinajstić information content (AvgIpc) is 3.10. The van der Waals surface area contributed by atoms with Gasteiger partial charge in [0, 0.05) is 24.8 Å². The van der Waals surface area contributed by atoms with E-state index in [0.717, 1.165) is 6.42 Å². The van der Waals surface area contributed by atoms with Gasteiger partial charge in [-0.1, -0.05) is 0 Å². The zero-order valence-electron chi connectivity index (χ0n) is 14.2. The van der Waals surface area contributed by atoms with Crippen LogP contribution in [0.5, 0.6) is 0 Å². The molecule has 1 aliphatic carbocycles. The van der Waals surface area contributed by atoms with Crippen molar-refractivity contribution in [1.82, 2.24) is 5.32 Å². The van der Waals surface area contributed by atoms with Crippen LogP contribution in [0.15, 0.2) is 0 Å². The highest BCUT2D eigenvalue weighted by Gasteiger charge is 2.40. The Morgan fingerprint density at radius 1 is 1.27 bits per heavy atom. The van der Waals surface area contributed by atoms with Crippen molar-refractivity contribution in [2.24, 2.45) is 0 Å². The van der Waals surface area contributed by atoms with Gasteiger partial charge in [0.05, 0.1) is 11.0 Å². The van der Waals surface area contributed by atoms with Crippen molar-refractivity contribution in [2.75, 3.05) is 6.54 Å². The van der Waals surface area contributed by atoms with Gasteiger partial charge in [-0.05, 0) is 37.9 Å². The number of nitro benzene ring substituents is 1. The molecule has 0 unspecified atom stereocenters. The van der Waals surface area contributed by atoms with Crippen LogP contribution < -0.4 is 5.32 Å². The molecular weight excluding hydrogens is 340 g/mol. The molecule has 1 atom stereocenters. The van der Waals surface area contributed by atoms with Crippen LogP contribution in [0.3, 0.4) is 0 Å². The largest absolute Gasteiger partial charge is 0.307 e. The molecule has 3 rings (SSSR count). The average molecular weight is 357 g/mol. The molecule has 1 N–H and O–H groups in total. The molecule has 1 radical (unpaired) electrons. The van der Waals surface area contributed by atoms with Crippen LogP contribution in [0.2, 0.25) is 0 Å². The molecule has 1 aromatic carbocycles. The van der Waals surface area contributed by atoms with E-state index >= 15 is 0 Å². The van der Waals surface area contributed by atoms with E-state index in [2.05, 4.69) is 11.4 Å². The summed E-state index contributed by atoms with van der Waals surface area (Å²) in [7, 11) is 0. The van der Waals surface area contributed by atoms with Gasteiger partial charge in [-0.25, -0.2) is 0 Å². The van der Waals surface area contributed by atoms with Gasteiger partial charge in [0.1, 0.15) is 16.9 Å². The minimum atomic E-state index is -0.797. The molecule has 8 heteroatoms. The Hall–Kier alpha value is -2.74. The fourth-order valence-corrected chi connectivity index (χ4v) is 3.53. The monoisotopic (exact) mass is 357 g/mol. The maximum Gasteiger partial charge on any atom is 0.292 e. The van der Waals surface area contributed by atoms with Gasteiger partial charge in [0.15, 0.2) is 17.3 Å². The summed E-state index contributed by atoms with van der Waals surface area (Å²) in [5.41, 5.74) is -1.44. The molecular formula is C18H17N2O6. The van der Waals surface area contributed by atoms with E-state index < -0.39 is 34.0 Å². The number of benzene rings is 1. The van der Waals surface area contributed by atoms with E-state index in [4.69, 9.17) is 0 Å². The first-order valence-corrected chi connectivity index (χ1v) is 8.41. The van der Waals surface area contributed by atoms with E-state index in [1.165, 1.54) is 6.92 Å². The van der Waals surface area contributed by atoms with Gasteiger partial charge in [-0.15, -0.1) is 0 Å². The molecule has 0 aromatic heterocycles. The lowest BCUT2D eigenvalue weighted by molar-refractivity contribution is -0.385. The van der Waals surface area contributed by atoms with Crippen molar-refractivity contribution in [3.63, 3.8) is 0 Å². The first-order chi connectivity index (χ1) is 12.3. The molecule has 1 heterocycles. The molecule has 1 aromatic rings. The highest BCUT2D eigenvalue weighted by molar-refractivity contribution is 6.19. The summed E-state index contributed by atoms with van der Waals surface area (Å²) in [5, 5.41) is 14.8. The number of carbonyl (C=O) groups excluding carboxylic acids is 4. The van der Waals surface area contributed by atoms with Gasteiger partial charge >= 0.3 is 0 Å². The normalized spacial score (nSPS) is 19.3. The Morgan fingerprint density at radius 3 is 2.54 bits per heavy atom. The van der Waals surface area contributed by atoms with Crippen molar-refractivity contribution < 1.29 is 24.1 Å². The Balaban J connectivity index is 2.31. The number of nitrogens with zero attached hydrogens (tertiary/aromatic N) is 1. The first kappa shape index (κ1) is 18.1. The first-order valence-electron chi connectivity index (χ1n) is 8.41. The molecule has 1 saturated heterocycles. The van der Waals surface area contributed by atoms with E-state index in [1.807, 2.05) is 0 Å². The SMILES string of the molecule is CC(=O)Cc1[c]c2c(c([N+](=O)[O-])c1C(=O)[C@@H]1CCCN1)C(=O)CCC2=O. The molecule has 0 bridgehead atoms. The molecule has 26 heavy (non-hydrogen) atoms. The van der Waals surface area contributed by atoms with Crippen LogP contribution in [0.25, 0.3) is 0 Å². The smallest absolute Gasteiger partial charge is 0.292 e. The van der Waals surface area contributed by atoms with Gasteiger partial charge < -0.3 is 5.32 Å². The fourth-order valence-electron chi connectivity index (χ4n) is 3.53. The summed E-state index contributed by atoms with van der Waals surface area (Å²) in [6.07, 6.45) is 0.805. The molecule has 0 spiro atoms. The summed E-state index contributed by atoms with van der Waals surface area (Å²) in [5.74, 6) is -1.84. The van der Waals surface area contributed by atoms with Crippen molar-refractivity contribution in [3.05, 3.63) is 38.4 Å². The van der Waals surface area contributed by atoms with Crippen LogP contribution in [0, 0.1) is 16.2 Å². The molecule has 0 saturated carbocycles. The summed E-state index contributed by atoms with van der Waals surface area (Å²) in [4.78, 5) is 60.1. The Bertz CT molecular complexity index is 852. The summed E-state index contributed by atoms with van der Waals surface area (Å²) < 4.78 is 0. The van der Waals surface area contributed by atoms with Crippen molar-refractivity contribution in [2.45, 2.75) is 45.1 Å². The number of fused-ring (bicyclic) bond motifs is 1. The van der Waals surface area contributed by atoms with Crippen LogP contribution in [-0.4, -0.2) is 40.6 Å². The highest BCUT2D eigenvalue weighted by atomic mass is 16.6. The fraction of sp³-hybridized carbons (Fsp3) is 0.444. The standard InChI is InChI=1S/C18H17N2O6/c1-9(21)7-10-8-11-13(22)4-5-14(23)16(11)17(20(25)26)15(10)18(24)12-3-2-6-19-12/h12,19H,2-7H2,1H3/t12-/m0/s1. The Labute approximate surface area is 149 Å². The molecule has 2 aliphatic rings.